The SMILES string of the molecule is CCCC[P+](C)(CCCC)CCCC.[Cl][Al]([Cl])[Cl]. The Kier molecular flexibility index (Phi) is 18.7. The van der Waals surface area contributed by atoms with E-state index in [1.165, 1.54) is 38.5 Å². The number of hydrogen-bond donors (Lipinski definition) is 0. The van der Waals surface area contributed by atoms with E-state index in [1.54, 1.807) is 18.5 Å². The van der Waals surface area contributed by atoms with Crippen molar-refractivity contribution in [2.45, 2.75) is 59.3 Å². The topological polar surface area (TPSA) is 0 Å². The minimum absolute atomic E-state index is 0.519. The average Bonchev–Trinajstić information content (AvgIpc) is 2.31. The molecule has 0 atom stereocenters. The van der Waals surface area contributed by atoms with Crippen molar-refractivity contribution in [3.05, 3.63) is 0 Å². The van der Waals surface area contributed by atoms with Crippen LogP contribution in [-0.4, -0.2) is 36.5 Å². The molecule has 0 N–H and O–H groups in total. The van der Waals surface area contributed by atoms with Gasteiger partial charge in [-0.2, -0.15) is 0 Å². The molecule has 0 aliphatic carbocycles. The predicted molar refractivity (Wildman–Crippen MR) is 95.5 cm³/mol. The number of halogens is 3. The van der Waals surface area contributed by atoms with Crippen LogP contribution in [0.15, 0.2) is 0 Å². The Morgan fingerprint density at radius 1 is 0.722 bits per heavy atom. The minimum Gasteiger partial charge on any atom is -0.214 e. The van der Waals surface area contributed by atoms with Gasteiger partial charge < -0.3 is 0 Å². The molecule has 0 aromatic heterocycles. The molecule has 0 spiro atoms. The zero-order valence-electron chi connectivity index (χ0n) is 12.5. The molecule has 0 saturated heterocycles. The molecule has 0 rings (SSSR count). The summed E-state index contributed by atoms with van der Waals surface area (Å²) in [5.74, 6) is 0. The van der Waals surface area contributed by atoms with E-state index < -0.39 is 18.6 Å². The summed E-state index contributed by atoms with van der Waals surface area (Å²) in [6, 6.07) is 0. The van der Waals surface area contributed by atoms with Crippen molar-refractivity contribution in [1.29, 1.82) is 0 Å². The molecule has 0 unspecified atom stereocenters. The quantitative estimate of drug-likeness (QED) is 0.320. The smallest absolute Gasteiger partial charge is 0.214 e. The molecule has 0 aromatic rings. The maximum Gasteiger partial charge on any atom is 0.643 e. The normalized spacial score (nSPS) is 10.8. The van der Waals surface area contributed by atoms with E-state index >= 15 is 0 Å². The fourth-order valence-electron chi connectivity index (χ4n) is 1.95. The van der Waals surface area contributed by atoms with Gasteiger partial charge in [0.15, 0.2) is 0 Å². The van der Waals surface area contributed by atoms with Crippen LogP contribution in [0, 0.1) is 0 Å². The Bertz CT molecular complexity index is 144. The summed E-state index contributed by atoms with van der Waals surface area (Å²) in [5, 5.41) is 0. The van der Waals surface area contributed by atoms with Crippen LogP contribution in [0.3, 0.4) is 0 Å². The molecule has 0 aliphatic rings. The summed E-state index contributed by atoms with van der Waals surface area (Å²) >= 11 is -1.72. The van der Waals surface area contributed by atoms with Crippen LogP contribution >= 0.6 is 37.4 Å². The van der Waals surface area contributed by atoms with Gasteiger partial charge >= 0.3 is 11.4 Å². The second-order valence-corrected chi connectivity index (χ2v) is 16.1. The van der Waals surface area contributed by atoms with E-state index in [1.807, 2.05) is 0 Å². The van der Waals surface area contributed by atoms with Crippen LogP contribution in [0.2, 0.25) is 0 Å². The predicted octanol–water partition coefficient (Wildman–Crippen LogP) is 6.72. The van der Waals surface area contributed by atoms with Crippen molar-refractivity contribution in [2.75, 3.05) is 25.2 Å². The number of unbranched alkanes of at least 4 members (excludes halogenated alkanes) is 3. The lowest BCUT2D eigenvalue weighted by Gasteiger charge is -2.22. The van der Waals surface area contributed by atoms with Crippen LogP contribution in [0.1, 0.15) is 59.3 Å². The molecular weight excluding hydrogens is 320 g/mol. The van der Waals surface area contributed by atoms with E-state index in [4.69, 9.17) is 30.1 Å². The standard InChI is InChI=1S/C13H30P.Al.3ClH/c1-5-8-11-14(4,12-9-6-2)13-10-7-3;;;;/h5-13H2,1-4H3;;3*1H/q+1;+3;;;/p-3. The van der Waals surface area contributed by atoms with Crippen LogP contribution in [0.4, 0.5) is 0 Å². The summed E-state index contributed by atoms with van der Waals surface area (Å²) in [6.45, 7) is 9.59. The summed E-state index contributed by atoms with van der Waals surface area (Å²) in [5.41, 5.74) is 0. The van der Waals surface area contributed by atoms with E-state index in [2.05, 4.69) is 27.4 Å². The average molecular weight is 351 g/mol. The lowest BCUT2D eigenvalue weighted by atomic mass is 10.4. The van der Waals surface area contributed by atoms with E-state index in [9.17, 15) is 0 Å². The Labute approximate surface area is 132 Å². The van der Waals surface area contributed by atoms with Crippen molar-refractivity contribution in [3.8, 4) is 0 Å². The molecule has 0 radical (unpaired) electrons. The van der Waals surface area contributed by atoms with Crippen LogP contribution < -0.4 is 0 Å². The highest BCUT2D eigenvalue weighted by atomic mass is 35.8. The first-order valence-corrected chi connectivity index (χ1v) is 15.2. The third kappa shape index (κ3) is 17.8. The monoisotopic (exact) mass is 349 g/mol. The second kappa shape index (κ2) is 15.2. The fourth-order valence-corrected chi connectivity index (χ4v) is 5.86. The van der Waals surface area contributed by atoms with Gasteiger partial charge in [-0.05, 0) is 19.3 Å². The Hall–Kier alpha value is 1.83. The lowest BCUT2D eigenvalue weighted by Crippen LogP contribution is -2.07. The second-order valence-electron chi connectivity index (χ2n) is 5.10. The largest absolute Gasteiger partial charge is 0.643 e. The third-order valence-corrected chi connectivity index (χ3v) is 7.34. The maximum absolute atomic E-state index is 4.94. The molecule has 0 heterocycles. The van der Waals surface area contributed by atoms with Gasteiger partial charge in [-0.15, -0.1) is 0 Å². The summed E-state index contributed by atoms with van der Waals surface area (Å²) in [4.78, 5) is 0. The first-order valence-electron chi connectivity index (χ1n) is 7.17. The van der Waals surface area contributed by atoms with Crippen molar-refractivity contribution in [1.82, 2.24) is 0 Å². The van der Waals surface area contributed by atoms with Crippen molar-refractivity contribution in [2.24, 2.45) is 0 Å². The van der Waals surface area contributed by atoms with E-state index in [0.29, 0.717) is 0 Å². The molecule has 110 valence electrons. The highest BCUT2D eigenvalue weighted by molar-refractivity contribution is 7.75. The summed E-state index contributed by atoms with van der Waals surface area (Å²) in [6.07, 6.45) is 13.2. The highest BCUT2D eigenvalue weighted by Gasteiger charge is 2.28. The van der Waals surface area contributed by atoms with Gasteiger partial charge in [-0.25, -0.2) is 30.1 Å². The summed E-state index contributed by atoms with van der Waals surface area (Å²) < 4.78 is 0. The molecule has 0 bridgehead atoms. The highest BCUT2D eigenvalue weighted by Crippen LogP contribution is 2.57. The Morgan fingerprint density at radius 3 is 1.11 bits per heavy atom. The van der Waals surface area contributed by atoms with Crippen molar-refractivity contribution >= 4 is 48.8 Å². The molecule has 0 fully saturated rings. The first-order chi connectivity index (χ1) is 8.41. The molecule has 0 aliphatic heterocycles. The molecule has 0 aromatic carbocycles. The summed E-state index contributed by atoms with van der Waals surface area (Å²) in [7, 11) is 14.3. The zero-order valence-corrected chi connectivity index (χ0v) is 16.8. The third-order valence-electron chi connectivity index (χ3n) is 3.15. The van der Waals surface area contributed by atoms with Crippen LogP contribution in [0.5, 0.6) is 0 Å². The lowest BCUT2D eigenvalue weighted by molar-refractivity contribution is 0.838. The molecule has 0 nitrogen and oxygen atoms in total. The Balaban J connectivity index is 0. The first kappa shape index (κ1) is 22.1. The van der Waals surface area contributed by atoms with Crippen molar-refractivity contribution in [3.63, 3.8) is 0 Å². The van der Waals surface area contributed by atoms with Gasteiger partial charge in [0.05, 0.1) is 18.5 Å². The van der Waals surface area contributed by atoms with Crippen molar-refractivity contribution < 1.29 is 0 Å². The van der Waals surface area contributed by atoms with Gasteiger partial charge in [0.2, 0.25) is 0 Å². The fraction of sp³-hybridized carbons (Fsp3) is 1.00. The van der Waals surface area contributed by atoms with Crippen LogP contribution in [-0.2, 0) is 0 Å². The molecule has 0 amide bonds. The van der Waals surface area contributed by atoms with Gasteiger partial charge in [-0.3, -0.25) is 0 Å². The number of rotatable bonds is 9. The van der Waals surface area contributed by atoms with Gasteiger partial charge in [0.1, 0.15) is 0 Å². The molecule has 5 heteroatoms. The number of hydrogen-bond acceptors (Lipinski definition) is 0. The van der Waals surface area contributed by atoms with Gasteiger partial charge in [0.25, 0.3) is 0 Å². The Morgan fingerprint density at radius 2 is 0.944 bits per heavy atom. The molecule has 18 heavy (non-hydrogen) atoms. The van der Waals surface area contributed by atoms with E-state index in [0.717, 1.165) is 0 Å². The molecule has 0 saturated carbocycles. The molecular formula is C13H30AlCl3P+. The van der Waals surface area contributed by atoms with Gasteiger partial charge in [0, 0.05) is 13.9 Å². The van der Waals surface area contributed by atoms with E-state index in [-0.39, 0.29) is 0 Å². The minimum atomic E-state index is -1.72. The van der Waals surface area contributed by atoms with Gasteiger partial charge in [-0.1, -0.05) is 40.0 Å². The maximum atomic E-state index is 4.94. The van der Waals surface area contributed by atoms with Crippen LogP contribution in [0.25, 0.3) is 0 Å². The zero-order chi connectivity index (χ0) is 14.4.